The van der Waals surface area contributed by atoms with E-state index in [1.165, 1.54) is 18.2 Å². The van der Waals surface area contributed by atoms with Crippen LogP contribution in [0, 0.1) is 0 Å². The van der Waals surface area contributed by atoms with Gasteiger partial charge in [-0.15, -0.1) is 0 Å². The first kappa shape index (κ1) is 16.6. The van der Waals surface area contributed by atoms with Gasteiger partial charge in [0.2, 0.25) is 0 Å². The Morgan fingerprint density at radius 1 is 1.24 bits per heavy atom. The first-order valence-electron chi connectivity index (χ1n) is 6.12. The summed E-state index contributed by atoms with van der Waals surface area (Å²) in [6, 6.07) is 7.98. The minimum atomic E-state index is -3.80. The van der Waals surface area contributed by atoms with Crippen LogP contribution in [-0.2, 0) is 14.8 Å². The van der Waals surface area contributed by atoms with Crippen molar-refractivity contribution < 1.29 is 13.2 Å². The SMILES string of the molecule is CC1=C/C(=N\S(=O)(=O)c2ccccc2)C(Br)C(C)(Br)C1=O. The summed E-state index contributed by atoms with van der Waals surface area (Å²) in [5.41, 5.74) is 0.766. The fourth-order valence-corrected chi connectivity index (χ4v) is 4.16. The number of hydrogen-bond acceptors (Lipinski definition) is 3. The van der Waals surface area contributed by atoms with Crippen LogP contribution >= 0.6 is 31.9 Å². The minimum Gasteiger partial charge on any atom is -0.293 e. The molecule has 0 bridgehead atoms. The van der Waals surface area contributed by atoms with Crippen LogP contribution in [-0.4, -0.2) is 29.1 Å². The lowest BCUT2D eigenvalue weighted by atomic mass is 9.88. The number of benzene rings is 1. The van der Waals surface area contributed by atoms with E-state index >= 15 is 0 Å². The lowest BCUT2D eigenvalue weighted by Gasteiger charge is -2.31. The molecule has 1 aliphatic rings. The van der Waals surface area contributed by atoms with Gasteiger partial charge in [-0.2, -0.15) is 12.8 Å². The number of rotatable bonds is 2. The Hall–Kier alpha value is -0.790. The molecule has 4 nitrogen and oxygen atoms in total. The zero-order valence-corrected chi connectivity index (χ0v) is 15.4. The molecule has 7 heteroatoms. The second kappa shape index (κ2) is 5.78. The Bertz CT molecular complexity index is 737. The number of halogens is 2. The van der Waals surface area contributed by atoms with E-state index in [-0.39, 0.29) is 10.7 Å². The van der Waals surface area contributed by atoms with Gasteiger partial charge in [-0.3, -0.25) is 4.79 Å². The van der Waals surface area contributed by atoms with Crippen LogP contribution in [0.1, 0.15) is 13.8 Å². The van der Waals surface area contributed by atoms with Crippen LogP contribution in [0.25, 0.3) is 0 Å². The number of ketones is 1. The summed E-state index contributed by atoms with van der Waals surface area (Å²) in [5.74, 6) is -0.0968. The number of carbonyl (C=O) groups excluding carboxylic acids is 1. The second-order valence-corrected chi connectivity index (χ2v) is 9.07. The number of alkyl halides is 2. The Kier molecular flexibility index (Phi) is 4.56. The molecule has 0 aliphatic heterocycles. The van der Waals surface area contributed by atoms with E-state index in [0.717, 1.165) is 0 Å². The third-order valence-electron chi connectivity index (χ3n) is 3.17. The third-order valence-corrected chi connectivity index (χ3v) is 7.30. The van der Waals surface area contributed by atoms with Crippen molar-refractivity contribution in [3.63, 3.8) is 0 Å². The molecule has 0 saturated heterocycles. The summed E-state index contributed by atoms with van der Waals surface area (Å²) in [4.78, 5) is 11.7. The predicted molar refractivity (Wildman–Crippen MR) is 89.9 cm³/mol. The van der Waals surface area contributed by atoms with E-state index in [2.05, 4.69) is 36.3 Å². The van der Waals surface area contributed by atoms with Gasteiger partial charge in [0.1, 0.15) is 4.32 Å². The molecule has 2 atom stereocenters. The number of hydrogen-bond donors (Lipinski definition) is 0. The number of carbonyl (C=O) groups is 1. The molecular formula is C14H13Br2NO3S. The van der Waals surface area contributed by atoms with E-state index in [1.54, 1.807) is 32.0 Å². The maximum atomic E-state index is 12.3. The van der Waals surface area contributed by atoms with Crippen molar-refractivity contribution in [2.45, 2.75) is 27.9 Å². The van der Waals surface area contributed by atoms with Gasteiger partial charge in [-0.1, -0.05) is 50.1 Å². The molecule has 0 spiro atoms. The van der Waals surface area contributed by atoms with Crippen molar-refractivity contribution in [3.05, 3.63) is 42.0 Å². The number of Topliss-reactive ketones (excluding diaryl/α,β-unsaturated/α-hetero) is 1. The van der Waals surface area contributed by atoms with Crippen LogP contribution in [0.4, 0.5) is 0 Å². The van der Waals surface area contributed by atoms with Crippen molar-refractivity contribution in [3.8, 4) is 0 Å². The monoisotopic (exact) mass is 433 g/mol. The van der Waals surface area contributed by atoms with Crippen LogP contribution in [0.3, 0.4) is 0 Å². The molecule has 0 saturated carbocycles. The molecular weight excluding hydrogens is 422 g/mol. The van der Waals surface area contributed by atoms with Crippen LogP contribution < -0.4 is 0 Å². The van der Waals surface area contributed by atoms with Gasteiger partial charge in [-0.05, 0) is 37.6 Å². The number of allylic oxidation sites excluding steroid dienone is 2. The van der Waals surface area contributed by atoms with Gasteiger partial charge in [-0.25, -0.2) is 0 Å². The molecule has 0 aromatic heterocycles. The molecule has 0 heterocycles. The quantitative estimate of drug-likeness (QED) is 0.671. The summed E-state index contributed by atoms with van der Waals surface area (Å²) < 4.78 is 27.6. The molecule has 0 amide bonds. The van der Waals surface area contributed by atoms with Gasteiger partial charge >= 0.3 is 0 Å². The molecule has 0 radical (unpaired) electrons. The van der Waals surface area contributed by atoms with E-state index in [0.29, 0.717) is 11.3 Å². The van der Waals surface area contributed by atoms with E-state index in [1.807, 2.05) is 0 Å². The molecule has 1 aliphatic carbocycles. The van der Waals surface area contributed by atoms with Crippen LogP contribution in [0.5, 0.6) is 0 Å². The highest BCUT2D eigenvalue weighted by Gasteiger charge is 2.44. The van der Waals surface area contributed by atoms with Crippen molar-refractivity contribution in [2.24, 2.45) is 4.40 Å². The summed E-state index contributed by atoms with van der Waals surface area (Å²) in [6.07, 6.45) is 1.51. The smallest absolute Gasteiger partial charge is 0.282 e. The standard InChI is InChI=1S/C14H13Br2NO3S/c1-9-8-11(12(15)14(2,16)13(9)18)17-21(19,20)10-6-4-3-5-7-10/h3-8,12H,1-2H3/b17-11+. The number of sulfonamides is 1. The average molecular weight is 435 g/mol. The Labute approximate surface area is 140 Å². The highest BCUT2D eigenvalue weighted by atomic mass is 79.9. The second-order valence-electron chi connectivity index (χ2n) is 4.90. The maximum absolute atomic E-state index is 12.3. The Morgan fingerprint density at radius 2 is 1.81 bits per heavy atom. The van der Waals surface area contributed by atoms with Crippen LogP contribution in [0.15, 0.2) is 51.3 Å². The zero-order valence-electron chi connectivity index (χ0n) is 11.4. The normalized spacial score (nSPS) is 28.6. The molecule has 112 valence electrons. The molecule has 21 heavy (non-hydrogen) atoms. The molecule has 0 fully saturated rings. The fraction of sp³-hybridized carbons (Fsp3) is 0.286. The number of nitrogens with zero attached hydrogens (tertiary/aromatic N) is 1. The summed E-state index contributed by atoms with van der Waals surface area (Å²) >= 11 is 6.72. The van der Waals surface area contributed by atoms with E-state index in [9.17, 15) is 13.2 Å². The van der Waals surface area contributed by atoms with Gasteiger partial charge in [0.25, 0.3) is 10.0 Å². The summed E-state index contributed by atoms with van der Waals surface area (Å²) in [6.45, 7) is 3.33. The van der Waals surface area contributed by atoms with Crippen molar-refractivity contribution in [1.29, 1.82) is 0 Å². The molecule has 0 N–H and O–H groups in total. The van der Waals surface area contributed by atoms with Crippen molar-refractivity contribution in [1.82, 2.24) is 0 Å². The highest BCUT2D eigenvalue weighted by Crippen LogP contribution is 2.36. The maximum Gasteiger partial charge on any atom is 0.282 e. The molecule has 1 aromatic rings. The highest BCUT2D eigenvalue weighted by molar-refractivity contribution is 9.13. The van der Waals surface area contributed by atoms with Crippen molar-refractivity contribution >= 4 is 53.4 Å². The van der Waals surface area contributed by atoms with Gasteiger partial charge in [0, 0.05) is 0 Å². The van der Waals surface area contributed by atoms with E-state index < -0.39 is 19.2 Å². The predicted octanol–water partition coefficient (Wildman–Crippen LogP) is 3.26. The van der Waals surface area contributed by atoms with E-state index in [4.69, 9.17) is 0 Å². The molecule has 2 unspecified atom stereocenters. The Balaban J connectivity index is 2.53. The molecule has 1 aromatic carbocycles. The topological polar surface area (TPSA) is 63.6 Å². The molecule has 2 rings (SSSR count). The summed E-state index contributed by atoms with van der Waals surface area (Å²) in [7, 11) is -3.80. The van der Waals surface area contributed by atoms with Crippen LogP contribution in [0.2, 0.25) is 0 Å². The Morgan fingerprint density at radius 3 is 2.38 bits per heavy atom. The van der Waals surface area contributed by atoms with Crippen molar-refractivity contribution in [2.75, 3.05) is 0 Å². The lowest BCUT2D eigenvalue weighted by Crippen LogP contribution is -2.46. The zero-order chi connectivity index (χ0) is 15.8. The van der Waals surface area contributed by atoms with Gasteiger partial charge in [0.05, 0.1) is 15.4 Å². The third kappa shape index (κ3) is 3.19. The van der Waals surface area contributed by atoms with Gasteiger partial charge in [0.15, 0.2) is 5.78 Å². The first-order valence-corrected chi connectivity index (χ1v) is 9.27. The first-order chi connectivity index (χ1) is 9.66. The lowest BCUT2D eigenvalue weighted by molar-refractivity contribution is -0.117. The largest absolute Gasteiger partial charge is 0.293 e. The average Bonchev–Trinajstić information content (AvgIpc) is 2.44. The minimum absolute atomic E-state index is 0.0968. The summed E-state index contributed by atoms with van der Waals surface area (Å²) in [5, 5.41) is 0. The fourth-order valence-electron chi connectivity index (χ4n) is 2.00. The van der Waals surface area contributed by atoms with Gasteiger partial charge < -0.3 is 0 Å².